The Morgan fingerprint density at radius 3 is 2.38 bits per heavy atom. The summed E-state index contributed by atoms with van der Waals surface area (Å²) in [6.45, 7) is 8.03. The molecule has 0 saturated heterocycles. The molecule has 1 heteroatoms. The maximum Gasteiger partial charge on any atom is 0.0149 e. The fraction of sp³-hybridized carbons (Fsp3) is 0.500. The van der Waals surface area contributed by atoms with E-state index in [0.717, 1.165) is 6.42 Å². The summed E-state index contributed by atoms with van der Waals surface area (Å²) in [5, 5.41) is 0. The van der Waals surface area contributed by atoms with Crippen molar-refractivity contribution in [1.29, 1.82) is 0 Å². The smallest absolute Gasteiger partial charge is 0.0149 e. The molecule has 0 aromatic carbocycles. The average molecular weight is 243 g/mol. The van der Waals surface area contributed by atoms with E-state index >= 15 is 0 Å². The van der Waals surface area contributed by atoms with Crippen molar-refractivity contribution in [2.75, 3.05) is 0 Å². The molecule has 0 heterocycles. The van der Waals surface area contributed by atoms with Gasteiger partial charge in [-0.25, -0.2) is 0 Å². The topological polar surface area (TPSA) is 0 Å². The molecule has 0 N–H and O–H groups in total. The van der Waals surface area contributed by atoms with E-state index in [9.17, 15) is 0 Å². The number of halogens is 1. The quantitative estimate of drug-likeness (QED) is 0.504. The van der Waals surface area contributed by atoms with Crippen molar-refractivity contribution in [2.45, 2.75) is 34.1 Å². The Morgan fingerprint density at radius 1 is 1.31 bits per heavy atom. The summed E-state index contributed by atoms with van der Waals surface area (Å²) >= 11 is 3.19. The van der Waals surface area contributed by atoms with Gasteiger partial charge in [-0.3, -0.25) is 0 Å². The van der Waals surface area contributed by atoms with Crippen molar-refractivity contribution in [3.05, 3.63) is 23.2 Å². The molecular weight excluding hydrogens is 224 g/mol. The second-order valence-electron chi connectivity index (χ2n) is 2.31. The minimum Gasteiger partial charge on any atom is -0.107 e. The van der Waals surface area contributed by atoms with Gasteiger partial charge in [-0.1, -0.05) is 54.9 Å². The molecule has 0 aliphatic carbocycles. The lowest BCUT2D eigenvalue weighted by atomic mass is 10.1. The van der Waals surface area contributed by atoms with E-state index in [-0.39, 0.29) is 0 Å². The molecule has 0 unspecified atom stereocenters. The lowest BCUT2D eigenvalue weighted by Crippen LogP contribution is -1.84. The number of hydrogen-bond donors (Lipinski definition) is 0. The predicted octanol–water partition coefficient (Wildman–Crippen LogP) is 4.53. The van der Waals surface area contributed by atoms with E-state index in [2.05, 4.69) is 40.8 Å². The van der Waals surface area contributed by atoms with Gasteiger partial charge in [-0.15, -0.1) is 11.8 Å². The van der Waals surface area contributed by atoms with Gasteiger partial charge < -0.3 is 0 Å². The van der Waals surface area contributed by atoms with Crippen LogP contribution in [-0.4, -0.2) is 0 Å². The van der Waals surface area contributed by atoms with Crippen LogP contribution in [0.5, 0.6) is 0 Å². The molecule has 0 amide bonds. The Labute approximate surface area is 91.2 Å². The molecule has 1 atom stereocenters. The van der Waals surface area contributed by atoms with Gasteiger partial charge in [0.2, 0.25) is 0 Å². The average Bonchev–Trinajstić information content (AvgIpc) is 2.18. The monoisotopic (exact) mass is 242 g/mol. The van der Waals surface area contributed by atoms with Crippen LogP contribution >= 0.6 is 15.9 Å². The highest BCUT2D eigenvalue weighted by molar-refractivity contribution is 9.11. The van der Waals surface area contributed by atoms with Crippen LogP contribution in [0, 0.1) is 17.8 Å². The van der Waals surface area contributed by atoms with Gasteiger partial charge in [0, 0.05) is 6.42 Å². The summed E-state index contributed by atoms with van der Waals surface area (Å²) in [5.41, 5.74) is 0. The zero-order valence-corrected chi connectivity index (χ0v) is 10.6. The molecular formula is C12H19Br. The normalized spacial score (nSPS) is 11.8. The molecule has 0 fully saturated rings. The van der Waals surface area contributed by atoms with Crippen LogP contribution < -0.4 is 0 Å². The van der Waals surface area contributed by atoms with Crippen LogP contribution in [0.25, 0.3) is 0 Å². The fourth-order valence-corrected chi connectivity index (χ4v) is 0.803. The fourth-order valence-electron chi connectivity index (χ4n) is 0.627. The van der Waals surface area contributed by atoms with Gasteiger partial charge in [0.05, 0.1) is 0 Å². The van der Waals surface area contributed by atoms with Crippen molar-refractivity contribution >= 4 is 15.9 Å². The first-order chi connectivity index (χ1) is 6.31. The molecule has 13 heavy (non-hydrogen) atoms. The van der Waals surface area contributed by atoms with E-state index in [4.69, 9.17) is 0 Å². The second-order valence-corrected chi connectivity index (χ2v) is 2.84. The summed E-state index contributed by atoms with van der Waals surface area (Å²) in [5.74, 6) is 6.46. The molecule has 0 nitrogen and oxygen atoms in total. The number of allylic oxidation sites excluding steroid dienone is 3. The van der Waals surface area contributed by atoms with Crippen LogP contribution in [0.15, 0.2) is 23.2 Å². The van der Waals surface area contributed by atoms with Crippen LogP contribution in [0.3, 0.4) is 0 Å². The summed E-state index contributed by atoms with van der Waals surface area (Å²) in [6.07, 6.45) is 7.07. The first-order valence-electron chi connectivity index (χ1n) is 4.64. The SMILES string of the molecule is CC.CC#CC[C@@H](C)/C=C/C=C/Br. The summed E-state index contributed by atoms with van der Waals surface area (Å²) < 4.78 is 0. The van der Waals surface area contributed by atoms with E-state index in [1.165, 1.54) is 0 Å². The lowest BCUT2D eigenvalue weighted by Gasteiger charge is -1.96. The Hall–Kier alpha value is -0.480. The number of rotatable bonds is 3. The van der Waals surface area contributed by atoms with Gasteiger partial charge in [-0.2, -0.15) is 0 Å². The third-order valence-corrected chi connectivity index (χ3v) is 1.53. The zero-order chi connectivity index (χ0) is 10.5. The predicted molar refractivity (Wildman–Crippen MR) is 65.8 cm³/mol. The van der Waals surface area contributed by atoms with Gasteiger partial charge in [0.15, 0.2) is 0 Å². The van der Waals surface area contributed by atoms with E-state index in [1.807, 2.05) is 37.9 Å². The highest BCUT2D eigenvalue weighted by Crippen LogP contribution is 2.02. The third kappa shape index (κ3) is 14.4. The third-order valence-electron chi connectivity index (χ3n) is 1.22. The van der Waals surface area contributed by atoms with Crippen LogP contribution in [0.1, 0.15) is 34.1 Å². The minimum atomic E-state index is 0.547. The Bertz CT molecular complexity index is 191. The van der Waals surface area contributed by atoms with Crippen LogP contribution in [-0.2, 0) is 0 Å². The molecule has 0 spiro atoms. The van der Waals surface area contributed by atoms with Gasteiger partial charge >= 0.3 is 0 Å². The first-order valence-corrected chi connectivity index (χ1v) is 5.56. The summed E-state index contributed by atoms with van der Waals surface area (Å²) in [4.78, 5) is 1.84. The maximum absolute atomic E-state index is 3.19. The van der Waals surface area contributed by atoms with Gasteiger partial charge in [0.1, 0.15) is 0 Å². The molecule has 0 saturated carbocycles. The van der Waals surface area contributed by atoms with Crippen LogP contribution in [0.4, 0.5) is 0 Å². The highest BCUT2D eigenvalue weighted by atomic mass is 79.9. The molecule has 0 aromatic heterocycles. The van der Waals surface area contributed by atoms with Crippen molar-refractivity contribution < 1.29 is 0 Å². The first kappa shape index (κ1) is 15.0. The standard InChI is InChI=1S/C10H13Br.C2H6/c1-3-4-7-10(2)8-5-6-9-11;1-2/h5-6,8-10H,7H2,1-2H3;1-2H3/b8-5+,9-6+;/t10-;/m1./s1. The van der Waals surface area contributed by atoms with Gasteiger partial charge in [-0.05, 0) is 17.8 Å². The maximum atomic E-state index is 3.19. The molecule has 74 valence electrons. The Kier molecular flexibility index (Phi) is 16.2. The Balaban J connectivity index is 0. The van der Waals surface area contributed by atoms with E-state index < -0.39 is 0 Å². The zero-order valence-electron chi connectivity index (χ0n) is 8.97. The van der Waals surface area contributed by atoms with E-state index in [0.29, 0.717) is 5.92 Å². The summed E-state index contributed by atoms with van der Waals surface area (Å²) in [6, 6.07) is 0. The van der Waals surface area contributed by atoms with Crippen molar-refractivity contribution in [3.8, 4) is 11.8 Å². The molecule has 0 radical (unpaired) electrons. The number of hydrogen-bond acceptors (Lipinski definition) is 0. The Morgan fingerprint density at radius 2 is 1.92 bits per heavy atom. The second kappa shape index (κ2) is 14.1. The molecule has 0 bridgehead atoms. The van der Waals surface area contributed by atoms with Crippen molar-refractivity contribution in [2.24, 2.45) is 5.92 Å². The van der Waals surface area contributed by atoms with Gasteiger partial charge in [0.25, 0.3) is 0 Å². The van der Waals surface area contributed by atoms with Crippen LogP contribution in [0.2, 0.25) is 0 Å². The summed E-state index contributed by atoms with van der Waals surface area (Å²) in [7, 11) is 0. The van der Waals surface area contributed by atoms with Crippen molar-refractivity contribution in [3.63, 3.8) is 0 Å². The largest absolute Gasteiger partial charge is 0.107 e. The molecule has 0 aliphatic rings. The lowest BCUT2D eigenvalue weighted by molar-refractivity contribution is 0.759. The van der Waals surface area contributed by atoms with Crippen molar-refractivity contribution in [1.82, 2.24) is 0 Å². The minimum absolute atomic E-state index is 0.547. The molecule has 0 rings (SSSR count). The molecule has 0 aliphatic heterocycles. The van der Waals surface area contributed by atoms with E-state index in [1.54, 1.807) is 0 Å². The highest BCUT2D eigenvalue weighted by Gasteiger charge is 1.89. The molecule has 0 aromatic rings.